The summed E-state index contributed by atoms with van der Waals surface area (Å²) in [5.41, 5.74) is 5.34. The number of nitrogens with one attached hydrogen (secondary N) is 1. The summed E-state index contributed by atoms with van der Waals surface area (Å²) in [4.78, 5) is 11.2. The third-order valence-electron chi connectivity index (χ3n) is 1.23. The normalized spacial score (nSPS) is 10.5. The van der Waals surface area contributed by atoms with E-state index in [9.17, 15) is 4.79 Å². The molecule has 0 saturated heterocycles. The third kappa shape index (κ3) is 3.67. The van der Waals surface area contributed by atoms with Gasteiger partial charge in [-0.2, -0.15) is 0 Å². The molecule has 0 saturated carbocycles. The zero-order valence-corrected chi connectivity index (χ0v) is 8.80. The Morgan fingerprint density at radius 3 is 2.86 bits per heavy atom. The van der Waals surface area contributed by atoms with Gasteiger partial charge in [0.1, 0.15) is 6.61 Å². The lowest BCUT2D eigenvalue weighted by atomic mass is 10.5. The molecule has 0 fully saturated rings. The van der Waals surface area contributed by atoms with E-state index in [0.29, 0.717) is 10.3 Å². The molecule has 1 heterocycles. The Hall–Kier alpha value is -1.21. The molecule has 14 heavy (non-hydrogen) atoms. The summed E-state index contributed by atoms with van der Waals surface area (Å²) >= 11 is 1.12. The van der Waals surface area contributed by atoms with Crippen molar-refractivity contribution in [3.05, 3.63) is 0 Å². The third-order valence-corrected chi connectivity index (χ3v) is 1.90. The number of rotatable bonds is 4. The molecule has 0 unspecified atom stereocenters. The standard InChI is InChI=1S/C7H12N4O2S/c1-4(2)13-3-5(12)9-7-11-10-6(8)14-7/h4H,3H2,1-2H3,(H2,8,10)(H,9,11,12). The number of ether oxygens (including phenoxy) is 1. The van der Waals surface area contributed by atoms with Gasteiger partial charge >= 0.3 is 0 Å². The SMILES string of the molecule is CC(C)OCC(=O)Nc1nnc(N)s1. The van der Waals surface area contributed by atoms with Crippen molar-refractivity contribution in [2.75, 3.05) is 17.7 Å². The van der Waals surface area contributed by atoms with Gasteiger partial charge in [-0.1, -0.05) is 11.3 Å². The lowest BCUT2D eigenvalue weighted by Crippen LogP contribution is -2.20. The first kappa shape index (κ1) is 10.9. The summed E-state index contributed by atoms with van der Waals surface area (Å²) in [5, 5.41) is 10.4. The van der Waals surface area contributed by atoms with Crippen LogP contribution in [0.5, 0.6) is 0 Å². The number of hydrogen-bond acceptors (Lipinski definition) is 6. The highest BCUT2D eigenvalue weighted by atomic mass is 32.1. The average Bonchev–Trinajstić information content (AvgIpc) is 2.48. The summed E-state index contributed by atoms with van der Waals surface area (Å²) in [6, 6.07) is 0. The highest BCUT2D eigenvalue weighted by Gasteiger charge is 2.07. The Morgan fingerprint density at radius 2 is 2.36 bits per heavy atom. The first-order valence-electron chi connectivity index (χ1n) is 4.08. The van der Waals surface area contributed by atoms with Gasteiger partial charge in [-0.05, 0) is 13.8 Å². The molecule has 6 nitrogen and oxygen atoms in total. The van der Waals surface area contributed by atoms with Gasteiger partial charge in [-0.25, -0.2) is 0 Å². The fourth-order valence-electron chi connectivity index (χ4n) is 0.683. The lowest BCUT2D eigenvalue weighted by Gasteiger charge is -2.05. The van der Waals surface area contributed by atoms with Gasteiger partial charge in [0.25, 0.3) is 5.91 Å². The maximum Gasteiger partial charge on any atom is 0.252 e. The number of carbonyl (C=O) groups excluding carboxylic acids is 1. The molecule has 1 rings (SSSR count). The van der Waals surface area contributed by atoms with Gasteiger partial charge in [0.15, 0.2) is 0 Å². The van der Waals surface area contributed by atoms with Crippen LogP contribution >= 0.6 is 11.3 Å². The minimum absolute atomic E-state index is 0.0111. The van der Waals surface area contributed by atoms with Gasteiger partial charge in [-0.15, -0.1) is 10.2 Å². The molecule has 0 aliphatic heterocycles. The molecule has 7 heteroatoms. The molecule has 3 N–H and O–H groups in total. The zero-order valence-electron chi connectivity index (χ0n) is 7.98. The summed E-state index contributed by atoms with van der Waals surface area (Å²) < 4.78 is 5.10. The topological polar surface area (TPSA) is 90.1 Å². The Morgan fingerprint density at radius 1 is 1.64 bits per heavy atom. The predicted molar refractivity (Wildman–Crippen MR) is 54.0 cm³/mol. The zero-order chi connectivity index (χ0) is 10.6. The fourth-order valence-corrected chi connectivity index (χ4v) is 1.21. The average molecular weight is 216 g/mol. The Kier molecular flexibility index (Phi) is 3.78. The van der Waals surface area contributed by atoms with Crippen LogP contribution in [0.15, 0.2) is 0 Å². The van der Waals surface area contributed by atoms with Crippen LogP contribution in [0.4, 0.5) is 10.3 Å². The minimum Gasteiger partial charge on any atom is -0.374 e. The van der Waals surface area contributed by atoms with Gasteiger partial charge in [0, 0.05) is 0 Å². The maximum absolute atomic E-state index is 11.2. The van der Waals surface area contributed by atoms with E-state index in [2.05, 4.69) is 15.5 Å². The monoisotopic (exact) mass is 216 g/mol. The fraction of sp³-hybridized carbons (Fsp3) is 0.571. The Labute approximate surface area is 85.5 Å². The van der Waals surface area contributed by atoms with Crippen molar-refractivity contribution < 1.29 is 9.53 Å². The van der Waals surface area contributed by atoms with E-state index in [-0.39, 0.29) is 18.6 Å². The van der Waals surface area contributed by atoms with Crippen LogP contribution in [0.25, 0.3) is 0 Å². The van der Waals surface area contributed by atoms with Crippen molar-refractivity contribution in [2.24, 2.45) is 0 Å². The van der Waals surface area contributed by atoms with Crippen LogP contribution in [0.3, 0.4) is 0 Å². The number of anilines is 2. The molecule has 1 aromatic heterocycles. The minimum atomic E-state index is -0.255. The van der Waals surface area contributed by atoms with Crippen molar-refractivity contribution >= 4 is 27.5 Å². The largest absolute Gasteiger partial charge is 0.374 e. The first-order chi connectivity index (χ1) is 6.58. The Balaban J connectivity index is 2.34. The summed E-state index contributed by atoms with van der Waals surface area (Å²) in [6.45, 7) is 3.73. The number of carbonyl (C=O) groups is 1. The molecular formula is C7H12N4O2S. The van der Waals surface area contributed by atoms with E-state index in [1.807, 2.05) is 13.8 Å². The van der Waals surface area contributed by atoms with Crippen LogP contribution in [0.2, 0.25) is 0 Å². The lowest BCUT2D eigenvalue weighted by molar-refractivity contribution is -0.121. The molecule has 0 spiro atoms. The van der Waals surface area contributed by atoms with E-state index >= 15 is 0 Å². The summed E-state index contributed by atoms with van der Waals surface area (Å²) in [7, 11) is 0. The predicted octanol–water partition coefficient (Wildman–Crippen LogP) is 0.484. The molecule has 0 radical (unpaired) electrons. The Bertz CT molecular complexity index is 312. The van der Waals surface area contributed by atoms with Gasteiger partial charge in [-0.3, -0.25) is 10.1 Å². The molecule has 0 bridgehead atoms. The molecule has 78 valence electrons. The van der Waals surface area contributed by atoms with E-state index in [1.165, 1.54) is 0 Å². The smallest absolute Gasteiger partial charge is 0.252 e. The summed E-state index contributed by atoms with van der Waals surface area (Å²) in [5.74, 6) is -0.255. The van der Waals surface area contributed by atoms with Crippen LogP contribution in [0.1, 0.15) is 13.8 Å². The van der Waals surface area contributed by atoms with E-state index in [0.717, 1.165) is 11.3 Å². The van der Waals surface area contributed by atoms with E-state index in [4.69, 9.17) is 10.5 Å². The maximum atomic E-state index is 11.2. The molecule has 0 aliphatic rings. The highest BCUT2D eigenvalue weighted by Crippen LogP contribution is 2.15. The number of aromatic nitrogens is 2. The van der Waals surface area contributed by atoms with Crippen LogP contribution in [0, 0.1) is 0 Å². The van der Waals surface area contributed by atoms with Gasteiger partial charge in [0.05, 0.1) is 6.10 Å². The van der Waals surface area contributed by atoms with Crippen LogP contribution < -0.4 is 11.1 Å². The first-order valence-corrected chi connectivity index (χ1v) is 4.90. The van der Waals surface area contributed by atoms with Crippen molar-refractivity contribution in [1.29, 1.82) is 0 Å². The van der Waals surface area contributed by atoms with Gasteiger partial charge in [0.2, 0.25) is 10.3 Å². The molecule has 0 aliphatic carbocycles. The number of nitrogens with zero attached hydrogens (tertiary/aromatic N) is 2. The quantitative estimate of drug-likeness (QED) is 0.764. The molecule has 1 aromatic rings. The van der Waals surface area contributed by atoms with Crippen molar-refractivity contribution in [2.45, 2.75) is 20.0 Å². The van der Waals surface area contributed by atoms with Crippen LogP contribution in [-0.4, -0.2) is 28.8 Å². The van der Waals surface area contributed by atoms with Crippen LogP contribution in [-0.2, 0) is 9.53 Å². The van der Waals surface area contributed by atoms with E-state index in [1.54, 1.807) is 0 Å². The molecular weight excluding hydrogens is 204 g/mol. The number of nitrogens with two attached hydrogens (primary N) is 1. The highest BCUT2D eigenvalue weighted by molar-refractivity contribution is 7.18. The van der Waals surface area contributed by atoms with E-state index < -0.39 is 0 Å². The molecule has 0 atom stereocenters. The second-order valence-corrected chi connectivity index (χ2v) is 3.86. The molecule has 1 amide bonds. The number of nitrogen functional groups attached to an aromatic ring is 1. The van der Waals surface area contributed by atoms with Gasteiger partial charge < -0.3 is 10.5 Å². The second kappa shape index (κ2) is 4.87. The second-order valence-electron chi connectivity index (χ2n) is 2.85. The van der Waals surface area contributed by atoms with Crippen molar-refractivity contribution in [1.82, 2.24) is 10.2 Å². The summed E-state index contributed by atoms with van der Waals surface area (Å²) in [6.07, 6.45) is 0.0280. The molecule has 0 aromatic carbocycles. The van der Waals surface area contributed by atoms with Crippen molar-refractivity contribution in [3.63, 3.8) is 0 Å². The number of hydrogen-bond donors (Lipinski definition) is 2. The van der Waals surface area contributed by atoms with Crippen molar-refractivity contribution in [3.8, 4) is 0 Å². The number of amides is 1.